The SMILES string of the molecule is [2H]C1(N2C(=O)c3ccccc3C2=O)CCC(=O)N(C(=O)OC(C)(C)C)C1=O. The highest BCUT2D eigenvalue weighted by atomic mass is 16.6. The van der Waals surface area contributed by atoms with E-state index in [-0.39, 0.29) is 22.4 Å². The van der Waals surface area contributed by atoms with E-state index in [4.69, 9.17) is 6.11 Å². The van der Waals surface area contributed by atoms with Crippen LogP contribution in [0.4, 0.5) is 4.79 Å². The second kappa shape index (κ2) is 6.05. The number of rotatable bonds is 1. The molecule has 136 valence electrons. The molecule has 0 N–H and O–H groups in total. The van der Waals surface area contributed by atoms with Crippen LogP contribution >= 0.6 is 0 Å². The van der Waals surface area contributed by atoms with Crippen LogP contribution in [0.15, 0.2) is 24.3 Å². The minimum Gasteiger partial charge on any atom is -0.443 e. The van der Waals surface area contributed by atoms with E-state index in [1.54, 1.807) is 32.9 Å². The molecule has 0 aromatic heterocycles. The molecule has 2 aliphatic rings. The van der Waals surface area contributed by atoms with Crippen LogP contribution in [-0.2, 0) is 14.3 Å². The Morgan fingerprint density at radius 3 is 2.15 bits per heavy atom. The zero-order valence-electron chi connectivity index (χ0n) is 15.6. The zero-order valence-corrected chi connectivity index (χ0v) is 14.6. The molecular formula is C18H18N2O6. The van der Waals surface area contributed by atoms with Gasteiger partial charge in [-0.25, -0.2) is 4.79 Å². The third-order valence-corrected chi connectivity index (χ3v) is 3.92. The van der Waals surface area contributed by atoms with Crippen molar-refractivity contribution in [3.63, 3.8) is 0 Å². The van der Waals surface area contributed by atoms with Gasteiger partial charge in [0.15, 0.2) is 0 Å². The Morgan fingerprint density at radius 2 is 1.65 bits per heavy atom. The monoisotopic (exact) mass is 359 g/mol. The van der Waals surface area contributed by atoms with Gasteiger partial charge in [-0.2, -0.15) is 4.90 Å². The Morgan fingerprint density at radius 1 is 1.12 bits per heavy atom. The third-order valence-electron chi connectivity index (χ3n) is 3.92. The molecule has 1 fully saturated rings. The average Bonchev–Trinajstić information content (AvgIpc) is 2.82. The predicted molar refractivity (Wildman–Crippen MR) is 88.1 cm³/mol. The summed E-state index contributed by atoms with van der Waals surface area (Å²) in [4.78, 5) is 63.4. The van der Waals surface area contributed by atoms with Crippen molar-refractivity contribution in [2.45, 2.75) is 45.2 Å². The summed E-state index contributed by atoms with van der Waals surface area (Å²) in [6, 6.07) is 3.55. The average molecular weight is 359 g/mol. The molecule has 1 atom stereocenters. The molecule has 2 aliphatic heterocycles. The molecule has 2 heterocycles. The number of ether oxygens (including phenoxy) is 1. The number of likely N-dealkylation sites (tertiary alicyclic amines) is 1. The fourth-order valence-corrected chi connectivity index (χ4v) is 2.82. The fraction of sp³-hybridized carbons (Fsp3) is 0.389. The summed E-state index contributed by atoms with van der Waals surface area (Å²) in [7, 11) is 0. The first-order valence-corrected chi connectivity index (χ1v) is 8.05. The molecule has 0 aliphatic carbocycles. The van der Waals surface area contributed by atoms with E-state index in [0.29, 0.717) is 4.90 Å². The molecular weight excluding hydrogens is 340 g/mol. The van der Waals surface area contributed by atoms with Gasteiger partial charge in [0.1, 0.15) is 11.6 Å². The van der Waals surface area contributed by atoms with Crippen molar-refractivity contribution in [2.75, 3.05) is 0 Å². The highest BCUT2D eigenvalue weighted by Gasteiger charge is 2.49. The summed E-state index contributed by atoms with van der Waals surface area (Å²) in [6.45, 7) is 4.67. The van der Waals surface area contributed by atoms with Crippen molar-refractivity contribution in [3.8, 4) is 0 Å². The van der Waals surface area contributed by atoms with Crippen molar-refractivity contribution in [3.05, 3.63) is 35.4 Å². The van der Waals surface area contributed by atoms with Crippen LogP contribution in [0.25, 0.3) is 0 Å². The Hall–Kier alpha value is -3.03. The molecule has 1 unspecified atom stereocenters. The lowest BCUT2D eigenvalue weighted by Crippen LogP contribution is -2.58. The Labute approximate surface area is 151 Å². The first-order valence-electron chi connectivity index (χ1n) is 8.55. The minimum atomic E-state index is -2.40. The summed E-state index contributed by atoms with van der Waals surface area (Å²) in [6.07, 6.45) is -1.98. The van der Waals surface area contributed by atoms with Crippen molar-refractivity contribution in [1.29, 1.82) is 0 Å². The van der Waals surface area contributed by atoms with E-state index in [1.165, 1.54) is 12.1 Å². The highest BCUT2D eigenvalue weighted by molar-refractivity contribution is 6.24. The Kier molecular flexibility index (Phi) is 3.82. The third kappa shape index (κ3) is 2.87. The van der Waals surface area contributed by atoms with Crippen LogP contribution in [0.5, 0.6) is 0 Å². The fourth-order valence-electron chi connectivity index (χ4n) is 2.82. The number of imide groups is 4. The van der Waals surface area contributed by atoms with Gasteiger partial charge in [0, 0.05) is 6.42 Å². The Balaban J connectivity index is 1.98. The van der Waals surface area contributed by atoms with Crippen LogP contribution in [0.3, 0.4) is 0 Å². The quantitative estimate of drug-likeness (QED) is 0.708. The van der Waals surface area contributed by atoms with Gasteiger partial charge in [-0.15, -0.1) is 0 Å². The number of hydrogen-bond donors (Lipinski definition) is 0. The molecule has 0 radical (unpaired) electrons. The summed E-state index contributed by atoms with van der Waals surface area (Å²) < 4.78 is 13.6. The molecule has 8 nitrogen and oxygen atoms in total. The number of fused-ring (bicyclic) bond motifs is 1. The van der Waals surface area contributed by atoms with Gasteiger partial charge in [0.2, 0.25) is 5.91 Å². The smallest absolute Gasteiger partial charge is 0.424 e. The zero-order chi connectivity index (χ0) is 20.1. The number of amides is 5. The number of benzene rings is 1. The molecule has 1 aromatic rings. The minimum absolute atomic E-state index is 0.0719. The lowest BCUT2D eigenvalue weighted by atomic mass is 10.0. The summed E-state index contributed by atoms with van der Waals surface area (Å²) in [5.41, 5.74) is -0.833. The van der Waals surface area contributed by atoms with Crippen LogP contribution in [0, 0.1) is 0 Å². The van der Waals surface area contributed by atoms with Crippen molar-refractivity contribution in [2.24, 2.45) is 0 Å². The van der Waals surface area contributed by atoms with Crippen LogP contribution in [-0.4, -0.2) is 51.1 Å². The van der Waals surface area contributed by atoms with Gasteiger partial charge in [-0.05, 0) is 39.3 Å². The lowest BCUT2D eigenvalue weighted by molar-refractivity contribution is -0.149. The maximum absolute atomic E-state index is 12.9. The molecule has 5 amide bonds. The van der Waals surface area contributed by atoms with E-state index in [9.17, 15) is 24.0 Å². The molecule has 1 aromatic carbocycles. The normalized spacial score (nSPS) is 23.9. The number of carbonyl (C=O) groups is 5. The first-order chi connectivity index (χ1) is 12.5. The second-order valence-corrected chi connectivity index (χ2v) is 6.95. The number of nitrogens with zero attached hydrogens (tertiary/aromatic N) is 2. The van der Waals surface area contributed by atoms with Gasteiger partial charge >= 0.3 is 6.09 Å². The number of piperidine rings is 1. The maximum Gasteiger partial charge on any atom is 0.424 e. The molecule has 0 bridgehead atoms. The molecule has 26 heavy (non-hydrogen) atoms. The topological polar surface area (TPSA) is 101 Å². The summed E-state index contributed by atoms with van der Waals surface area (Å²) >= 11 is 0. The summed E-state index contributed by atoms with van der Waals surface area (Å²) in [5.74, 6) is -3.73. The molecule has 1 saturated heterocycles. The van der Waals surface area contributed by atoms with Crippen molar-refractivity contribution >= 4 is 29.7 Å². The maximum atomic E-state index is 12.9. The predicted octanol–water partition coefficient (Wildman–Crippen LogP) is 1.74. The first kappa shape index (κ1) is 16.4. The Bertz CT molecular complexity index is 855. The van der Waals surface area contributed by atoms with Gasteiger partial charge < -0.3 is 4.74 Å². The second-order valence-electron chi connectivity index (χ2n) is 6.95. The number of carbonyl (C=O) groups excluding carboxylic acids is 5. The van der Waals surface area contributed by atoms with Crippen LogP contribution < -0.4 is 0 Å². The van der Waals surface area contributed by atoms with Gasteiger partial charge in [-0.3, -0.25) is 24.1 Å². The lowest BCUT2D eigenvalue weighted by Gasteiger charge is -2.34. The largest absolute Gasteiger partial charge is 0.443 e. The van der Waals surface area contributed by atoms with E-state index >= 15 is 0 Å². The van der Waals surface area contributed by atoms with Gasteiger partial charge in [0.25, 0.3) is 17.7 Å². The van der Waals surface area contributed by atoms with Gasteiger partial charge in [-0.1, -0.05) is 12.1 Å². The van der Waals surface area contributed by atoms with E-state index < -0.39 is 47.8 Å². The van der Waals surface area contributed by atoms with E-state index in [0.717, 1.165) is 0 Å². The molecule has 0 spiro atoms. The highest BCUT2D eigenvalue weighted by Crippen LogP contribution is 2.29. The summed E-state index contributed by atoms with van der Waals surface area (Å²) in [5, 5.41) is 0. The van der Waals surface area contributed by atoms with Crippen LogP contribution in [0.2, 0.25) is 0 Å². The van der Waals surface area contributed by atoms with Crippen LogP contribution in [0.1, 0.15) is 55.7 Å². The van der Waals surface area contributed by atoms with Crippen molar-refractivity contribution in [1.82, 2.24) is 9.80 Å². The van der Waals surface area contributed by atoms with Crippen molar-refractivity contribution < 1.29 is 30.1 Å². The molecule has 8 heteroatoms. The molecule has 0 saturated carbocycles. The number of hydrogen-bond acceptors (Lipinski definition) is 6. The van der Waals surface area contributed by atoms with Gasteiger partial charge in [0.05, 0.1) is 12.5 Å². The van der Waals surface area contributed by atoms with E-state index in [2.05, 4.69) is 0 Å². The molecule has 3 rings (SSSR count). The van der Waals surface area contributed by atoms with E-state index in [1.807, 2.05) is 0 Å². The standard InChI is InChI=1S/C18H18N2O6/c1-18(2,3)26-17(25)20-13(21)9-8-12(16(20)24)19-14(22)10-6-4-5-7-11(10)15(19)23/h4-7,12H,8-9H2,1-3H3/i12D.